The smallest absolute Gasteiger partial charge is 0.224 e. The minimum Gasteiger partial charge on any atom is -0.359 e. The number of hydrogen-bond donors (Lipinski definition) is 2. The summed E-state index contributed by atoms with van der Waals surface area (Å²) < 4.78 is 0.369. The molecule has 0 spiro atoms. The van der Waals surface area contributed by atoms with Gasteiger partial charge in [-0.2, -0.15) is 4.98 Å². The van der Waals surface area contributed by atoms with E-state index in [0.29, 0.717) is 10.7 Å². The maximum absolute atomic E-state index is 4.94. The second-order valence-corrected chi connectivity index (χ2v) is 4.19. The van der Waals surface area contributed by atoms with Crippen molar-refractivity contribution in [2.45, 2.75) is 26.2 Å². The van der Waals surface area contributed by atoms with Gasteiger partial charge in [-0.1, -0.05) is 20.8 Å². The number of nitrogens with one attached hydrogen (secondary N) is 2. The van der Waals surface area contributed by atoms with E-state index < -0.39 is 0 Å². The number of anilines is 1. The third-order valence-electron chi connectivity index (χ3n) is 1.60. The Bertz CT molecular complexity index is 350. The maximum Gasteiger partial charge on any atom is 0.224 e. The molecule has 0 bridgehead atoms. The number of hydrogen-bond acceptors (Lipinski definition) is 4. The molecule has 0 fully saturated rings. The van der Waals surface area contributed by atoms with Crippen LogP contribution in [0.5, 0.6) is 0 Å². The topological polar surface area (TPSA) is 53.6 Å². The number of nitrogens with zero attached hydrogens (tertiary/aromatic N) is 2. The van der Waals surface area contributed by atoms with Gasteiger partial charge in [-0.25, -0.2) is 4.98 Å². The summed E-state index contributed by atoms with van der Waals surface area (Å²) >= 11 is 4.94. The monoisotopic (exact) mass is 198 g/mol. The van der Waals surface area contributed by atoms with Crippen LogP contribution in [0, 0.1) is 4.77 Å². The van der Waals surface area contributed by atoms with Gasteiger partial charge >= 0.3 is 0 Å². The zero-order chi connectivity index (χ0) is 10.1. The lowest BCUT2D eigenvalue weighted by Crippen LogP contribution is -2.17. The van der Waals surface area contributed by atoms with Crippen molar-refractivity contribution < 1.29 is 0 Å². The van der Waals surface area contributed by atoms with Crippen molar-refractivity contribution in [1.82, 2.24) is 15.0 Å². The Morgan fingerprint density at radius 1 is 1.31 bits per heavy atom. The van der Waals surface area contributed by atoms with E-state index in [0.717, 1.165) is 5.82 Å². The van der Waals surface area contributed by atoms with Crippen molar-refractivity contribution in [3.05, 3.63) is 10.6 Å². The van der Waals surface area contributed by atoms with E-state index in [2.05, 4.69) is 41.0 Å². The van der Waals surface area contributed by atoms with Gasteiger partial charge in [0, 0.05) is 12.5 Å². The van der Waals surface area contributed by atoms with Crippen molar-refractivity contribution in [2.75, 3.05) is 12.4 Å². The van der Waals surface area contributed by atoms with Gasteiger partial charge in [0.2, 0.25) is 10.7 Å². The summed E-state index contributed by atoms with van der Waals surface area (Å²) in [5, 5.41) is 2.91. The number of rotatable bonds is 1. The lowest BCUT2D eigenvalue weighted by molar-refractivity contribution is 0.541. The molecular formula is C8H14N4S. The highest BCUT2D eigenvalue weighted by atomic mass is 32.1. The molecule has 0 unspecified atom stereocenters. The standard InChI is InChI=1S/C8H14N4S/c1-8(2,3)5-10-6(9-4)12-7(13)11-5/h1-4H3,(H2,9,10,11,12,13). The summed E-state index contributed by atoms with van der Waals surface area (Å²) in [6, 6.07) is 0. The van der Waals surface area contributed by atoms with Crippen LogP contribution in [-0.4, -0.2) is 22.0 Å². The zero-order valence-electron chi connectivity index (χ0n) is 8.30. The van der Waals surface area contributed by atoms with E-state index in [4.69, 9.17) is 12.2 Å². The Kier molecular flexibility index (Phi) is 2.66. The fraction of sp³-hybridized carbons (Fsp3) is 0.625. The summed E-state index contributed by atoms with van der Waals surface area (Å²) in [5.74, 6) is 1.50. The van der Waals surface area contributed by atoms with Crippen molar-refractivity contribution in [2.24, 2.45) is 0 Å². The van der Waals surface area contributed by atoms with Gasteiger partial charge in [-0.05, 0) is 12.2 Å². The summed E-state index contributed by atoms with van der Waals surface area (Å²) in [6.07, 6.45) is 0. The fourth-order valence-electron chi connectivity index (χ4n) is 0.858. The molecule has 0 atom stereocenters. The minimum absolute atomic E-state index is 0.0396. The van der Waals surface area contributed by atoms with Crippen LogP contribution >= 0.6 is 12.2 Å². The first kappa shape index (κ1) is 10.1. The Morgan fingerprint density at radius 2 is 1.92 bits per heavy atom. The lowest BCUT2D eigenvalue weighted by atomic mass is 9.96. The molecular weight excluding hydrogens is 184 g/mol. The molecule has 0 aromatic carbocycles. The van der Waals surface area contributed by atoms with Gasteiger partial charge in [0.1, 0.15) is 5.82 Å². The summed E-state index contributed by atoms with van der Waals surface area (Å²) in [7, 11) is 1.79. The molecule has 1 aromatic rings. The predicted octanol–water partition coefficient (Wildman–Crippen LogP) is 1.87. The van der Waals surface area contributed by atoms with Crippen molar-refractivity contribution in [1.29, 1.82) is 0 Å². The largest absolute Gasteiger partial charge is 0.359 e. The number of aromatic amines is 1. The molecule has 13 heavy (non-hydrogen) atoms. The summed E-state index contributed by atoms with van der Waals surface area (Å²) in [6.45, 7) is 6.21. The van der Waals surface area contributed by atoms with Crippen LogP contribution in [-0.2, 0) is 5.41 Å². The third kappa shape index (κ3) is 2.48. The molecule has 1 aromatic heterocycles. The van der Waals surface area contributed by atoms with Crippen LogP contribution in [0.15, 0.2) is 0 Å². The van der Waals surface area contributed by atoms with Gasteiger partial charge in [-0.3, -0.25) is 0 Å². The van der Waals surface area contributed by atoms with E-state index in [-0.39, 0.29) is 5.41 Å². The average molecular weight is 198 g/mol. The van der Waals surface area contributed by atoms with E-state index in [9.17, 15) is 0 Å². The van der Waals surface area contributed by atoms with Crippen molar-refractivity contribution in [3.63, 3.8) is 0 Å². The maximum atomic E-state index is 4.94. The first-order chi connectivity index (χ1) is 5.93. The highest BCUT2D eigenvalue weighted by molar-refractivity contribution is 7.71. The van der Waals surface area contributed by atoms with E-state index in [1.807, 2.05) is 0 Å². The second kappa shape index (κ2) is 3.41. The van der Waals surface area contributed by atoms with Gasteiger partial charge in [-0.15, -0.1) is 0 Å². The van der Waals surface area contributed by atoms with E-state index >= 15 is 0 Å². The SMILES string of the molecule is CNc1nc(=S)nc(C(C)(C)C)[nH]1. The van der Waals surface area contributed by atoms with Crippen molar-refractivity contribution in [3.8, 4) is 0 Å². The van der Waals surface area contributed by atoms with E-state index in [1.165, 1.54) is 0 Å². The van der Waals surface area contributed by atoms with Crippen LogP contribution in [0.1, 0.15) is 26.6 Å². The molecule has 0 radical (unpaired) electrons. The molecule has 0 saturated carbocycles. The molecule has 0 saturated heterocycles. The average Bonchev–Trinajstić information content (AvgIpc) is 2.01. The van der Waals surface area contributed by atoms with Gasteiger partial charge in [0.05, 0.1) is 0 Å². The van der Waals surface area contributed by atoms with Crippen LogP contribution < -0.4 is 5.32 Å². The normalized spacial score (nSPS) is 11.4. The Hall–Kier alpha value is -0.970. The number of aromatic nitrogens is 3. The Labute approximate surface area is 82.8 Å². The fourth-order valence-corrected chi connectivity index (χ4v) is 1.04. The first-order valence-corrected chi connectivity index (χ1v) is 4.51. The zero-order valence-corrected chi connectivity index (χ0v) is 9.12. The molecule has 0 amide bonds. The second-order valence-electron chi connectivity index (χ2n) is 3.83. The molecule has 5 heteroatoms. The number of H-pyrrole nitrogens is 1. The van der Waals surface area contributed by atoms with Crippen LogP contribution in [0.4, 0.5) is 5.95 Å². The predicted molar refractivity (Wildman–Crippen MR) is 55.5 cm³/mol. The molecule has 4 nitrogen and oxygen atoms in total. The molecule has 0 aliphatic heterocycles. The molecule has 72 valence electrons. The van der Waals surface area contributed by atoms with Gasteiger partial charge < -0.3 is 10.3 Å². The van der Waals surface area contributed by atoms with Crippen molar-refractivity contribution >= 4 is 18.2 Å². The Balaban J connectivity index is 3.24. The Morgan fingerprint density at radius 3 is 2.38 bits per heavy atom. The molecule has 2 N–H and O–H groups in total. The first-order valence-electron chi connectivity index (χ1n) is 4.10. The van der Waals surface area contributed by atoms with Gasteiger partial charge in [0.25, 0.3) is 0 Å². The van der Waals surface area contributed by atoms with Crippen LogP contribution in [0.2, 0.25) is 0 Å². The van der Waals surface area contributed by atoms with Crippen LogP contribution in [0.3, 0.4) is 0 Å². The lowest BCUT2D eigenvalue weighted by Gasteiger charge is -2.17. The van der Waals surface area contributed by atoms with Gasteiger partial charge in [0.15, 0.2) is 0 Å². The third-order valence-corrected chi connectivity index (χ3v) is 1.78. The summed E-state index contributed by atoms with van der Waals surface area (Å²) in [4.78, 5) is 11.2. The highest BCUT2D eigenvalue weighted by Crippen LogP contribution is 2.17. The highest BCUT2D eigenvalue weighted by Gasteiger charge is 2.16. The quantitative estimate of drug-likeness (QED) is 0.676. The molecule has 0 aliphatic carbocycles. The summed E-state index contributed by atoms with van der Waals surface area (Å²) in [5.41, 5.74) is -0.0396. The molecule has 0 aliphatic rings. The molecule has 1 heterocycles. The van der Waals surface area contributed by atoms with E-state index in [1.54, 1.807) is 7.05 Å². The molecule has 1 rings (SSSR count). The minimum atomic E-state index is -0.0396. The van der Waals surface area contributed by atoms with Crippen LogP contribution in [0.25, 0.3) is 0 Å².